The maximum Gasteiger partial charge on any atom is 0.410 e. The van der Waals surface area contributed by atoms with Crippen LogP contribution in [0.1, 0.15) is 48.0 Å². The van der Waals surface area contributed by atoms with Gasteiger partial charge in [-0.1, -0.05) is 0 Å². The molecule has 0 unspecified atom stereocenters. The number of ether oxygens (including phenoxy) is 2. The number of amides is 2. The van der Waals surface area contributed by atoms with Gasteiger partial charge in [0, 0.05) is 39.3 Å². The van der Waals surface area contributed by atoms with Gasteiger partial charge in [0.05, 0.1) is 0 Å². The second-order valence-electron chi connectivity index (χ2n) is 8.48. The molecule has 0 bridgehead atoms. The van der Waals surface area contributed by atoms with Gasteiger partial charge in [0.1, 0.15) is 11.2 Å². The van der Waals surface area contributed by atoms with E-state index in [1.54, 1.807) is 4.90 Å². The Morgan fingerprint density at radius 3 is 2.00 bits per heavy atom. The number of rotatable bonds is 4. The van der Waals surface area contributed by atoms with Crippen molar-refractivity contribution in [1.82, 2.24) is 15.1 Å². The highest BCUT2D eigenvalue weighted by Gasteiger charge is 2.26. The SMILES string of the molecule is CC(C)(C)OC(=O)NCCCN=C(N)N1CCN(C(=O)OC(C)(C)C)CC1. The summed E-state index contributed by atoms with van der Waals surface area (Å²) in [7, 11) is 0. The van der Waals surface area contributed by atoms with Crippen LogP contribution in [0.5, 0.6) is 0 Å². The Balaban J connectivity index is 2.27. The lowest BCUT2D eigenvalue weighted by Gasteiger charge is -2.36. The smallest absolute Gasteiger partial charge is 0.410 e. The predicted octanol–water partition coefficient (Wildman–Crippen LogP) is 1.77. The van der Waals surface area contributed by atoms with Crippen LogP contribution in [0.3, 0.4) is 0 Å². The van der Waals surface area contributed by atoms with Gasteiger partial charge in [-0.15, -0.1) is 0 Å². The number of alkyl carbamates (subject to hydrolysis) is 1. The van der Waals surface area contributed by atoms with E-state index in [0.29, 0.717) is 51.6 Å². The van der Waals surface area contributed by atoms with E-state index in [2.05, 4.69) is 10.3 Å². The van der Waals surface area contributed by atoms with Gasteiger partial charge in [-0.05, 0) is 48.0 Å². The molecule has 0 aromatic rings. The summed E-state index contributed by atoms with van der Waals surface area (Å²) in [6, 6.07) is 0. The Labute approximate surface area is 162 Å². The van der Waals surface area contributed by atoms with E-state index < -0.39 is 17.3 Å². The van der Waals surface area contributed by atoms with Gasteiger partial charge in [0.2, 0.25) is 0 Å². The molecule has 27 heavy (non-hydrogen) atoms. The Morgan fingerprint density at radius 1 is 0.963 bits per heavy atom. The van der Waals surface area contributed by atoms with Crippen molar-refractivity contribution in [2.24, 2.45) is 10.7 Å². The number of nitrogens with one attached hydrogen (secondary N) is 1. The highest BCUT2D eigenvalue weighted by molar-refractivity contribution is 5.78. The van der Waals surface area contributed by atoms with E-state index in [0.717, 1.165) is 0 Å². The standard InChI is InChI=1S/C18H35N5O4/c1-17(2,3)26-15(24)21-9-7-8-20-14(19)22-10-12-23(13-11-22)16(25)27-18(4,5)6/h7-13H2,1-6H3,(H2,19,20)(H,21,24). The van der Waals surface area contributed by atoms with Crippen molar-refractivity contribution in [3.63, 3.8) is 0 Å². The van der Waals surface area contributed by atoms with Crippen LogP contribution in [0, 0.1) is 0 Å². The average molecular weight is 386 g/mol. The molecule has 9 nitrogen and oxygen atoms in total. The van der Waals surface area contributed by atoms with Crippen molar-refractivity contribution in [2.75, 3.05) is 39.3 Å². The van der Waals surface area contributed by atoms with Crippen molar-refractivity contribution >= 4 is 18.1 Å². The summed E-state index contributed by atoms with van der Waals surface area (Å²) in [6.45, 7) is 14.3. The second kappa shape index (κ2) is 9.66. The summed E-state index contributed by atoms with van der Waals surface area (Å²) in [6.07, 6.45) is -0.0683. The lowest BCUT2D eigenvalue weighted by atomic mass is 10.2. The number of piperazine rings is 1. The Hall–Kier alpha value is -2.19. The maximum atomic E-state index is 12.1. The minimum Gasteiger partial charge on any atom is -0.444 e. The molecular formula is C18H35N5O4. The molecule has 1 heterocycles. The van der Waals surface area contributed by atoms with Gasteiger partial charge in [0.25, 0.3) is 0 Å². The van der Waals surface area contributed by atoms with Crippen LogP contribution in [-0.2, 0) is 9.47 Å². The number of carbonyl (C=O) groups is 2. The van der Waals surface area contributed by atoms with Crippen molar-refractivity contribution < 1.29 is 19.1 Å². The summed E-state index contributed by atoms with van der Waals surface area (Å²) < 4.78 is 10.5. The zero-order valence-corrected chi connectivity index (χ0v) is 17.5. The number of guanidine groups is 1. The Kier molecular flexibility index (Phi) is 8.18. The van der Waals surface area contributed by atoms with Gasteiger partial charge in [-0.3, -0.25) is 4.99 Å². The molecule has 156 valence electrons. The number of carbonyl (C=O) groups excluding carboxylic acids is 2. The largest absolute Gasteiger partial charge is 0.444 e. The van der Waals surface area contributed by atoms with Crippen molar-refractivity contribution in [3.05, 3.63) is 0 Å². The molecule has 1 aliphatic rings. The molecule has 0 saturated carbocycles. The van der Waals surface area contributed by atoms with Crippen LogP contribution in [0.15, 0.2) is 4.99 Å². The molecule has 0 radical (unpaired) electrons. The fraction of sp³-hybridized carbons (Fsp3) is 0.833. The summed E-state index contributed by atoms with van der Waals surface area (Å²) in [5.74, 6) is 0.455. The molecule has 0 aromatic carbocycles. The average Bonchev–Trinajstić information content (AvgIpc) is 2.51. The highest BCUT2D eigenvalue weighted by Crippen LogP contribution is 2.11. The molecule has 1 aliphatic heterocycles. The molecule has 0 atom stereocenters. The van der Waals surface area contributed by atoms with Crippen LogP contribution in [0.4, 0.5) is 9.59 Å². The molecular weight excluding hydrogens is 350 g/mol. The van der Waals surface area contributed by atoms with E-state index in [4.69, 9.17) is 15.2 Å². The zero-order valence-electron chi connectivity index (χ0n) is 17.5. The molecule has 1 rings (SSSR count). The topological polar surface area (TPSA) is 109 Å². The third kappa shape index (κ3) is 9.91. The van der Waals surface area contributed by atoms with Crippen molar-refractivity contribution in [1.29, 1.82) is 0 Å². The fourth-order valence-electron chi connectivity index (χ4n) is 2.32. The molecule has 0 aliphatic carbocycles. The first-order valence-corrected chi connectivity index (χ1v) is 9.37. The first-order valence-electron chi connectivity index (χ1n) is 9.37. The van der Waals surface area contributed by atoms with Gasteiger partial charge < -0.3 is 30.3 Å². The third-order valence-corrected chi connectivity index (χ3v) is 3.53. The first-order chi connectivity index (χ1) is 12.4. The van der Waals surface area contributed by atoms with Crippen LogP contribution in [0.2, 0.25) is 0 Å². The zero-order chi connectivity index (χ0) is 20.7. The first kappa shape index (κ1) is 22.9. The minimum absolute atomic E-state index is 0.300. The van der Waals surface area contributed by atoms with E-state index in [-0.39, 0.29) is 6.09 Å². The highest BCUT2D eigenvalue weighted by atomic mass is 16.6. The molecule has 2 amide bonds. The number of nitrogens with two attached hydrogens (primary N) is 1. The predicted molar refractivity (Wildman–Crippen MR) is 105 cm³/mol. The summed E-state index contributed by atoms with van der Waals surface area (Å²) in [4.78, 5) is 31.6. The Morgan fingerprint density at radius 2 is 1.48 bits per heavy atom. The van der Waals surface area contributed by atoms with Crippen molar-refractivity contribution in [2.45, 2.75) is 59.2 Å². The Bertz CT molecular complexity index is 529. The fourth-order valence-corrected chi connectivity index (χ4v) is 2.32. The lowest BCUT2D eigenvalue weighted by Crippen LogP contribution is -2.53. The van der Waals surface area contributed by atoms with Crippen molar-refractivity contribution in [3.8, 4) is 0 Å². The summed E-state index contributed by atoms with van der Waals surface area (Å²) in [5.41, 5.74) is 5.02. The van der Waals surface area contributed by atoms with Crippen LogP contribution < -0.4 is 11.1 Å². The summed E-state index contributed by atoms with van der Waals surface area (Å²) >= 11 is 0. The second-order valence-corrected chi connectivity index (χ2v) is 8.48. The van der Waals surface area contributed by atoms with E-state index in [1.165, 1.54) is 0 Å². The molecule has 9 heteroatoms. The summed E-state index contributed by atoms with van der Waals surface area (Å²) in [5, 5.41) is 2.69. The molecule has 0 spiro atoms. The van der Waals surface area contributed by atoms with Crippen LogP contribution >= 0.6 is 0 Å². The number of nitrogens with zero attached hydrogens (tertiary/aromatic N) is 3. The van der Waals surface area contributed by atoms with E-state index in [1.807, 2.05) is 46.4 Å². The van der Waals surface area contributed by atoms with Crippen LogP contribution in [-0.4, -0.2) is 78.4 Å². The van der Waals surface area contributed by atoms with Gasteiger partial charge >= 0.3 is 12.2 Å². The molecule has 1 saturated heterocycles. The van der Waals surface area contributed by atoms with Crippen LogP contribution in [0.25, 0.3) is 0 Å². The number of aliphatic imine (C=N–C) groups is 1. The molecule has 1 fully saturated rings. The molecule has 0 aromatic heterocycles. The quantitative estimate of drug-likeness (QED) is 0.434. The molecule has 3 N–H and O–H groups in total. The maximum absolute atomic E-state index is 12.1. The normalized spacial score (nSPS) is 16.1. The van der Waals surface area contributed by atoms with E-state index in [9.17, 15) is 9.59 Å². The van der Waals surface area contributed by atoms with Gasteiger partial charge in [-0.25, -0.2) is 9.59 Å². The third-order valence-electron chi connectivity index (χ3n) is 3.53. The van der Waals surface area contributed by atoms with Gasteiger partial charge in [0.15, 0.2) is 5.96 Å². The number of hydrogen-bond donors (Lipinski definition) is 2. The number of hydrogen-bond acceptors (Lipinski definition) is 5. The lowest BCUT2D eigenvalue weighted by molar-refractivity contribution is 0.0186. The van der Waals surface area contributed by atoms with E-state index >= 15 is 0 Å². The monoisotopic (exact) mass is 385 g/mol. The van der Waals surface area contributed by atoms with Gasteiger partial charge in [-0.2, -0.15) is 0 Å². The minimum atomic E-state index is -0.506.